The van der Waals surface area contributed by atoms with E-state index in [1.54, 1.807) is 16.7 Å². The lowest BCUT2D eigenvalue weighted by atomic mass is 10.2. The lowest BCUT2D eigenvalue weighted by Gasteiger charge is -2.31. The number of β-lactam (4-membered cyclic amide) rings is 1. The van der Waals surface area contributed by atoms with Crippen molar-refractivity contribution >= 4 is 17.7 Å². The molecule has 0 bridgehead atoms. The molecule has 2 rings (SSSR count). The molecule has 0 radical (unpaired) electrons. The molecular formula is C5H5NOS. The molecule has 42 valence electrons. The number of hydrogen-bond donors (Lipinski definition) is 0. The molecule has 1 amide bonds. The van der Waals surface area contributed by atoms with Crippen LogP contribution in [0.2, 0.25) is 0 Å². The first-order valence-corrected chi connectivity index (χ1v) is 3.45. The van der Waals surface area contributed by atoms with Crippen molar-refractivity contribution in [3.8, 4) is 0 Å². The van der Waals surface area contributed by atoms with Gasteiger partial charge in [-0.15, -0.1) is 11.8 Å². The predicted octanol–water partition coefficient (Wildman–Crippen LogP) is 0.763. The van der Waals surface area contributed by atoms with Gasteiger partial charge in [-0.2, -0.15) is 0 Å². The second-order valence-electron chi connectivity index (χ2n) is 1.88. The fraction of sp³-hybridized carbons (Fsp3) is 0.400. The number of rotatable bonds is 0. The Morgan fingerprint density at radius 2 is 2.75 bits per heavy atom. The molecule has 0 aromatic carbocycles. The van der Waals surface area contributed by atoms with Crippen LogP contribution in [0.3, 0.4) is 0 Å². The Hall–Kier alpha value is -0.440. The first-order chi connectivity index (χ1) is 3.88. The van der Waals surface area contributed by atoms with E-state index in [1.165, 1.54) is 0 Å². The van der Waals surface area contributed by atoms with E-state index in [1.807, 2.05) is 11.6 Å². The Kier molecular flexibility index (Phi) is 0.713. The summed E-state index contributed by atoms with van der Waals surface area (Å²) in [6.45, 7) is 0. The summed E-state index contributed by atoms with van der Waals surface area (Å²) in [6, 6.07) is 0. The van der Waals surface area contributed by atoms with Gasteiger partial charge in [0.2, 0.25) is 5.91 Å². The van der Waals surface area contributed by atoms with Crippen LogP contribution < -0.4 is 0 Å². The minimum absolute atomic E-state index is 0.260. The molecule has 0 aromatic rings. The van der Waals surface area contributed by atoms with Crippen molar-refractivity contribution in [3.05, 3.63) is 11.6 Å². The van der Waals surface area contributed by atoms with Crippen molar-refractivity contribution in [1.29, 1.82) is 0 Å². The third kappa shape index (κ3) is 0.375. The maximum absolute atomic E-state index is 10.6. The lowest BCUT2D eigenvalue weighted by Crippen LogP contribution is -2.44. The molecule has 2 aliphatic heterocycles. The maximum Gasteiger partial charge on any atom is 0.230 e. The van der Waals surface area contributed by atoms with Crippen molar-refractivity contribution in [2.24, 2.45) is 0 Å². The fourth-order valence-electron chi connectivity index (χ4n) is 0.886. The number of carbonyl (C=O) groups is 1. The number of fused-ring (bicyclic) bond motifs is 1. The van der Waals surface area contributed by atoms with Gasteiger partial charge in [0, 0.05) is 6.20 Å². The molecule has 2 aliphatic rings. The van der Waals surface area contributed by atoms with Crippen LogP contribution in [0.25, 0.3) is 0 Å². The van der Waals surface area contributed by atoms with Crippen LogP contribution in [0.5, 0.6) is 0 Å². The SMILES string of the molecule is O=C1C[C@H]2SC=CN12. The molecule has 0 N–H and O–H groups in total. The van der Waals surface area contributed by atoms with Crippen molar-refractivity contribution < 1.29 is 4.79 Å². The summed E-state index contributed by atoms with van der Waals surface area (Å²) in [4.78, 5) is 12.3. The zero-order chi connectivity index (χ0) is 5.56. The topological polar surface area (TPSA) is 20.3 Å². The van der Waals surface area contributed by atoms with Gasteiger partial charge in [-0.25, -0.2) is 0 Å². The minimum Gasteiger partial charge on any atom is -0.305 e. The van der Waals surface area contributed by atoms with Gasteiger partial charge >= 0.3 is 0 Å². The normalized spacial score (nSPS) is 32.8. The monoisotopic (exact) mass is 127 g/mol. The molecule has 2 nitrogen and oxygen atoms in total. The van der Waals surface area contributed by atoms with Crippen LogP contribution in [0.4, 0.5) is 0 Å². The standard InChI is InChI=1S/C5H5NOS/c7-4-3-5-6(4)1-2-8-5/h1-2,5H,3H2/t5-/m1/s1. The molecule has 0 aromatic heterocycles. The molecule has 0 aliphatic carbocycles. The molecule has 0 spiro atoms. The first-order valence-electron chi connectivity index (χ1n) is 2.51. The van der Waals surface area contributed by atoms with E-state index < -0.39 is 0 Å². The number of nitrogens with zero attached hydrogens (tertiary/aromatic N) is 1. The van der Waals surface area contributed by atoms with E-state index in [0.29, 0.717) is 5.37 Å². The van der Waals surface area contributed by atoms with Crippen LogP contribution in [0.15, 0.2) is 11.6 Å². The Balaban J connectivity index is 2.21. The average Bonchev–Trinajstić information content (AvgIpc) is 2.09. The van der Waals surface area contributed by atoms with Gasteiger partial charge in [0.05, 0.1) is 11.8 Å². The summed E-state index contributed by atoms with van der Waals surface area (Å²) in [5.41, 5.74) is 0. The molecule has 1 fully saturated rings. The third-order valence-electron chi connectivity index (χ3n) is 1.40. The van der Waals surface area contributed by atoms with E-state index >= 15 is 0 Å². The van der Waals surface area contributed by atoms with E-state index in [0.717, 1.165) is 6.42 Å². The molecule has 3 heteroatoms. The smallest absolute Gasteiger partial charge is 0.230 e. The lowest BCUT2D eigenvalue weighted by molar-refractivity contribution is -0.137. The summed E-state index contributed by atoms with van der Waals surface area (Å²) in [5.74, 6) is 0.260. The van der Waals surface area contributed by atoms with Gasteiger partial charge in [0.1, 0.15) is 0 Å². The van der Waals surface area contributed by atoms with Crippen LogP contribution in [-0.2, 0) is 4.79 Å². The quantitative estimate of drug-likeness (QED) is 0.448. The zero-order valence-electron chi connectivity index (χ0n) is 4.20. The van der Waals surface area contributed by atoms with E-state index in [4.69, 9.17) is 0 Å². The number of thioether (sulfide) groups is 1. The second-order valence-corrected chi connectivity index (χ2v) is 2.97. The molecule has 8 heavy (non-hydrogen) atoms. The van der Waals surface area contributed by atoms with Crippen molar-refractivity contribution in [3.63, 3.8) is 0 Å². The minimum atomic E-state index is 0.260. The van der Waals surface area contributed by atoms with Crippen molar-refractivity contribution in [2.75, 3.05) is 0 Å². The molecule has 2 heterocycles. The number of hydrogen-bond acceptors (Lipinski definition) is 2. The summed E-state index contributed by atoms with van der Waals surface area (Å²) in [6.07, 6.45) is 2.58. The molecule has 1 saturated heterocycles. The van der Waals surface area contributed by atoms with Gasteiger partial charge in [-0.05, 0) is 5.41 Å². The molecule has 1 atom stereocenters. The first kappa shape index (κ1) is 4.44. The van der Waals surface area contributed by atoms with Crippen LogP contribution in [0, 0.1) is 0 Å². The molecular weight excluding hydrogens is 122 g/mol. The van der Waals surface area contributed by atoms with E-state index in [-0.39, 0.29) is 5.91 Å². The van der Waals surface area contributed by atoms with E-state index in [2.05, 4.69) is 0 Å². The van der Waals surface area contributed by atoms with Gasteiger partial charge in [0.25, 0.3) is 0 Å². The Labute approximate surface area is 51.5 Å². The van der Waals surface area contributed by atoms with E-state index in [9.17, 15) is 4.79 Å². The van der Waals surface area contributed by atoms with Gasteiger partial charge in [-0.1, -0.05) is 0 Å². The second kappa shape index (κ2) is 1.29. The summed E-state index contributed by atoms with van der Waals surface area (Å²) >= 11 is 1.72. The highest BCUT2D eigenvalue weighted by molar-refractivity contribution is 8.03. The predicted molar refractivity (Wildman–Crippen MR) is 32.0 cm³/mol. The highest BCUT2D eigenvalue weighted by Gasteiger charge is 2.36. The van der Waals surface area contributed by atoms with Gasteiger partial charge < -0.3 is 4.90 Å². The van der Waals surface area contributed by atoms with Crippen molar-refractivity contribution in [1.82, 2.24) is 4.90 Å². The fourth-order valence-corrected chi connectivity index (χ4v) is 1.83. The van der Waals surface area contributed by atoms with Crippen LogP contribution in [-0.4, -0.2) is 16.2 Å². The largest absolute Gasteiger partial charge is 0.305 e. The Morgan fingerprint density at radius 1 is 1.88 bits per heavy atom. The summed E-state index contributed by atoms with van der Waals surface area (Å²) in [7, 11) is 0. The average molecular weight is 127 g/mol. The van der Waals surface area contributed by atoms with Crippen LogP contribution >= 0.6 is 11.8 Å². The highest BCUT2D eigenvalue weighted by Crippen LogP contribution is 2.35. The molecule has 0 saturated carbocycles. The number of carbonyl (C=O) groups excluding carboxylic acids is 1. The number of amides is 1. The van der Waals surface area contributed by atoms with Gasteiger partial charge in [0.15, 0.2) is 0 Å². The maximum atomic E-state index is 10.6. The Bertz CT molecular complexity index is 166. The molecule has 0 unspecified atom stereocenters. The van der Waals surface area contributed by atoms with Crippen LogP contribution in [0.1, 0.15) is 6.42 Å². The third-order valence-corrected chi connectivity index (χ3v) is 2.39. The summed E-state index contributed by atoms with van der Waals surface area (Å²) < 4.78 is 0. The zero-order valence-corrected chi connectivity index (χ0v) is 5.02. The Morgan fingerprint density at radius 3 is 3.25 bits per heavy atom. The highest BCUT2D eigenvalue weighted by atomic mass is 32.2. The van der Waals surface area contributed by atoms with Gasteiger partial charge in [-0.3, -0.25) is 4.79 Å². The summed E-state index contributed by atoms with van der Waals surface area (Å²) in [5, 5.41) is 2.43. The van der Waals surface area contributed by atoms with Crippen molar-refractivity contribution in [2.45, 2.75) is 11.8 Å².